The Morgan fingerprint density at radius 1 is 1.17 bits per heavy atom. The number of hydrogen-bond acceptors (Lipinski definition) is 5. The first kappa shape index (κ1) is 15.6. The molecule has 120 valence electrons. The van der Waals surface area contributed by atoms with Crippen molar-refractivity contribution in [2.45, 2.75) is 50.6 Å². The van der Waals surface area contributed by atoms with Gasteiger partial charge in [-0.05, 0) is 49.5 Å². The lowest BCUT2D eigenvalue weighted by Gasteiger charge is -2.08. The third kappa shape index (κ3) is 2.53. The standard InChI is InChI=1S/C17H18ClN3S2/c1-3-4-8-11-9-6-5-7-10(9)12-13-14(23-16(12)19-11)15(18)21-17(20-13)22-2/h3-8H2,1-2H3. The quantitative estimate of drug-likeness (QED) is 0.351. The fraction of sp³-hybridized carbons (Fsp3) is 0.471. The van der Waals surface area contributed by atoms with Crippen LogP contribution in [0.3, 0.4) is 0 Å². The Hall–Kier alpha value is -0.910. The molecule has 0 bridgehead atoms. The van der Waals surface area contributed by atoms with Gasteiger partial charge in [-0.15, -0.1) is 11.3 Å². The minimum absolute atomic E-state index is 0.559. The van der Waals surface area contributed by atoms with E-state index in [9.17, 15) is 0 Å². The van der Waals surface area contributed by atoms with Gasteiger partial charge in [-0.2, -0.15) is 0 Å². The van der Waals surface area contributed by atoms with Crippen molar-refractivity contribution in [1.29, 1.82) is 0 Å². The van der Waals surface area contributed by atoms with Crippen LogP contribution in [-0.4, -0.2) is 21.2 Å². The topological polar surface area (TPSA) is 38.7 Å². The summed E-state index contributed by atoms with van der Waals surface area (Å²) >= 11 is 9.58. The average Bonchev–Trinajstić information content (AvgIpc) is 3.16. The van der Waals surface area contributed by atoms with E-state index in [1.54, 1.807) is 11.3 Å². The lowest BCUT2D eigenvalue weighted by Crippen LogP contribution is -1.98. The Morgan fingerprint density at radius 2 is 2.00 bits per heavy atom. The van der Waals surface area contributed by atoms with Crippen molar-refractivity contribution in [1.82, 2.24) is 15.0 Å². The lowest BCUT2D eigenvalue weighted by molar-refractivity contribution is 0.770. The zero-order valence-corrected chi connectivity index (χ0v) is 15.7. The summed E-state index contributed by atoms with van der Waals surface area (Å²) in [6.45, 7) is 2.23. The summed E-state index contributed by atoms with van der Waals surface area (Å²) in [5.41, 5.74) is 5.25. The number of aryl methyl sites for hydroxylation is 2. The number of nitrogens with zero attached hydrogens (tertiary/aromatic N) is 3. The molecule has 3 heterocycles. The van der Waals surface area contributed by atoms with E-state index in [1.807, 2.05) is 6.26 Å². The Balaban J connectivity index is 2.03. The molecule has 1 aliphatic carbocycles. The van der Waals surface area contributed by atoms with Crippen molar-refractivity contribution in [3.8, 4) is 0 Å². The number of rotatable bonds is 4. The van der Waals surface area contributed by atoms with Gasteiger partial charge in [0.2, 0.25) is 0 Å². The maximum Gasteiger partial charge on any atom is 0.189 e. The third-order valence-electron chi connectivity index (χ3n) is 4.51. The van der Waals surface area contributed by atoms with Crippen molar-refractivity contribution in [3.05, 3.63) is 22.0 Å². The molecule has 0 N–H and O–H groups in total. The molecule has 3 nitrogen and oxygen atoms in total. The summed E-state index contributed by atoms with van der Waals surface area (Å²) in [6, 6.07) is 0. The largest absolute Gasteiger partial charge is 0.242 e. The van der Waals surface area contributed by atoms with Crippen molar-refractivity contribution in [3.63, 3.8) is 0 Å². The van der Waals surface area contributed by atoms with Crippen LogP contribution in [0.25, 0.3) is 20.4 Å². The summed E-state index contributed by atoms with van der Waals surface area (Å²) in [6.07, 6.45) is 8.98. The number of fused-ring (bicyclic) bond motifs is 5. The summed E-state index contributed by atoms with van der Waals surface area (Å²) in [5.74, 6) is 0. The molecule has 0 atom stereocenters. The van der Waals surface area contributed by atoms with Crippen molar-refractivity contribution in [2.75, 3.05) is 6.26 Å². The first-order chi connectivity index (χ1) is 11.2. The van der Waals surface area contributed by atoms with Gasteiger partial charge < -0.3 is 0 Å². The second-order valence-corrected chi connectivity index (χ2v) is 8.06. The maximum atomic E-state index is 6.40. The van der Waals surface area contributed by atoms with Gasteiger partial charge in [-0.25, -0.2) is 15.0 Å². The van der Waals surface area contributed by atoms with E-state index in [4.69, 9.17) is 21.6 Å². The number of hydrogen-bond donors (Lipinski definition) is 0. The number of unbranched alkanes of at least 4 members (excludes halogenated alkanes) is 1. The summed E-state index contributed by atoms with van der Waals surface area (Å²) in [7, 11) is 0. The minimum atomic E-state index is 0.559. The van der Waals surface area contributed by atoms with E-state index in [2.05, 4.69) is 11.9 Å². The van der Waals surface area contributed by atoms with Crippen LogP contribution in [0.2, 0.25) is 5.15 Å². The van der Waals surface area contributed by atoms with Crippen LogP contribution in [0.15, 0.2) is 5.16 Å². The minimum Gasteiger partial charge on any atom is -0.242 e. The molecule has 0 unspecified atom stereocenters. The second kappa shape index (κ2) is 6.19. The van der Waals surface area contributed by atoms with Gasteiger partial charge in [0.25, 0.3) is 0 Å². The van der Waals surface area contributed by atoms with Crippen LogP contribution in [0.5, 0.6) is 0 Å². The average molecular weight is 364 g/mol. The molecule has 23 heavy (non-hydrogen) atoms. The van der Waals surface area contributed by atoms with E-state index in [1.165, 1.54) is 53.2 Å². The number of aromatic nitrogens is 3. The van der Waals surface area contributed by atoms with Gasteiger partial charge in [-0.1, -0.05) is 36.7 Å². The van der Waals surface area contributed by atoms with Crippen LogP contribution in [0.1, 0.15) is 43.0 Å². The Labute approximate surface area is 148 Å². The highest BCUT2D eigenvalue weighted by Gasteiger charge is 2.24. The summed E-state index contributed by atoms with van der Waals surface area (Å²) < 4.78 is 0.980. The highest BCUT2D eigenvalue weighted by atomic mass is 35.5. The van der Waals surface area contributed by atoms with Gasteiger partial charge in [0.15, 0.2) is 10.3 Å². The monoisotopic (exact) mass is 363 g/mol. The predicted octanol–water partition coefficient (Wildman–Crippen LogP) is 5.45. The highest BCUT2D eigenvalue weighted by molar-refractivity contribution is 7.98. The molecular weight excluding hydrogens is 346 g/mol. The Morgan fingerprint density at radius 3 is 2.78 bits per heavy atom. The van der Waals surface area contributed by atoms with Gasteiger partial charge in [0, 0.05) is 11.1 Å². The van der Waals surface area contributed by atoms with Gasteiger partial charge in [0.1, 0.15) is 4.83 Å². The maximum absolute atomic E-state index is 6.40. The smallest absolute Gasteiger partial charge is 0.189 e. The van der Waals surface area contributed by atoms with E-state index in [0.29, 0.717) is 5.15 Å². The molecule has 6 heteroatoms. The van der Waals surface area contributed by atoms with Crippen LogP contribution >= 0.6 is 34.7 Å². The normalized spacial score (nSPS) is 14.0. The first-order valence-corrected chi connectivity index (χ1v) is 10.5. The molecule has 0 aliphatic heterocycles. The number of pyridine rings is 1. The molecule has 4 rings (SSSR count). The molecule has 0 spiro atoms. The number of thiophene rings is 1. The summed E-state index contributed by atoms with van der Waals surface area (Å²) in [5, 5.41) is 2.53. The van der Waals surface area contributed by atoms with E-state index in [0.717, 1.165) is 39.5 Å². The van der Waals surface area contributed by atoms with Crippen molar-refractivity contribution in [2.24, 2.45) is 0 Å². The Kier molecular flexibility index (Phi) is 4.20. The van der Waals surface area contributed by atoms with Gasteiger partial charge in [0.05, 0.1) is 10.2 Å². The van der Waals surface area contributed by atoms with E-state index < -0.39 is 0 Å². The molecule has 0 aromatic carbocycles. The van der Waals surface area contributed by atoms with Crippen molar-refractivity contribution < 1.29 is 0 Å². The third-order valence-corrected chi connectivity index (χ3v) is 6.52. The zero-order chi connectivity index (χ0) is 16.0. The molecule has 3 aromatic heterocycles. The number of halogens is 1. The number of thioether (sulfide) groups is 1. The van der Waals surface area contributed by atoms with Crippen LogP contribution in [0.4, 0.5) is 0 Å². The highest BCUT2D eigenvalue weighted by Crippen LogP contribution is 2.42. The zero-order valence-electron chi connectivity index (χ0n) is 13.3. The van der Waals surface area contributed by atoms with E-state index >= 15 is 0 Å². The van der Waals surface area contributed by atoms with Gasteiger partial charge >= 0.3 is 0 Å². The second-order valence-electron chi connectivity index (χ2n) is 5.93. The molecule has 0 saturated heterocycles. The lowest BCUT2D eigenvalue weighted by atomic mass is 10.0. The molecule has 0 amide bonds. The fourth-order valence-electron chi connectivity index (χ4n) is 3.43. The molecular formula is C17H18ClN3S2. The predicted molar refractivity (Wildman–Crippen MR) is 100 cm³/mol. The van der Waals surface area contributed by atoms with Crippen LogP contribution in [0, 0.1) is 0 Å². The van der Waals surface area contributed by atoms with Crippen LogP contribution in [-0.2, 0) is 19.3 Å². The first-order valence-electron chi connectivity index (χ1n) is 8.07. The molecule has 0 radical (unpaired) electrons. The molecule has 1 aliphatic rings. The fourth-order valence-corrected chi connectivity index (χ4v) is 5.18. The molecule has 0 saturated carbocycles. The summed E-state index contributed by atoms with van der Waals surface area (Å²) in [4.78, 5) is 15.2. The van der Waals surface area contributed by atoms with Crippen molar-refractivity contribution >= 4 is 55.1 Å². The Bertz CT molecular complexity index is 904. The van der Waals surface area contributed by atoms with E-state index in [-0.39, 0.29) is 0 Å². The van der Waals surface area contributed by atoms with Gasteiger partial charge in [-0.3, -0.25) is 0 Å². The molecule has 0 fully saturated rings. The van der Waals surface area contributed by atoms with Crippen LogP contribution < -0.4 is 0 Å². The molecule has 3 aromatic rings. The SMILES string of the molecule is CCCCc1nc2sc3c(Cl)nc(SC)nc3c2c2c1CCC2.